The summed E-state index contributed by atoms with van der Waals surface area (Å²) in [6.45, 7) is 13.4. The molecule has 2 aromatic heterocycles. The number of rotatable bonds is 3. The zero-order valence-corrected chi connectivity index (χ0v) is 28.9. The molecule has 48 heavy (non-hydrogen) atoms. The normalized spacial score (nSPS) is 26.0. The molecule has 2 atom stereocenters. The van der Waals surface area contributed by atoms with Gasteiger partial charge in [-0.15, -0.1) is 0 Å². The molecule has 0 saturated heterocycles. The fourth-order valence-electron chi connectivity index (χ4n) is 9.46. The lowest BCUT2D eigenvalue weighted by Crippen LogP contribution is -2.54. The zero-order valence-electron chi connectivity index (χ0n) is 35.9. The second kappa shape index (κ2) is 10.1. The van der Waals surface area contributed by atoms with E-state index in [9.17, 15) is 6.85 Å². The molecule has 3 nitrogen and oxygen atoms in total. The second-order valence-electron chi connectivity index (χ2n) is 16.1. The van der Waals surface area contributed by atoms with Crippen LogP contribution >= 0.6 is 0 Å². The molecule has 2 aliphatic carbocycles. The number of fused-ring (bicyclic) bond motifs is 7. The molecular formula is C45H47N3. The van der Waals surface area contributed by atoms with Crippen molar-refractivity contribution in [1.29, 1.82) is 0 Å². The minimum absolute atomic E-state index is 0.0231. The number of aromatic nitrogens is 2. The molecule has 3 heterocycles. The lowest BCUT2D eigenvalue weighted by molar-refractivity contribution is 0.195. The highest BCUT2D eigenvalue weighted by Gasteiger charge is 2.58. The Labute approximate surface area is 295 Å². The first-order valence-electron chi connectivity index (χ1n) is 21.0. The topological polar surface area (TPSA) is 21.1 Å². The summed E-state index contributed by atoms with van der Waals surface area (Å²) in [5, 5.41) is 0.458. The van der Waals surface area contributed by atoms with Gasteiger partial charge in [-0.25, -0.2) is 4.98 Å². The van der Waals surface area contributed by atoms with E-state index < -0.39 is 5.54 Å². The number of benzene rings is 4. The lowest BCUT2D eigenvalue weighted by Gasteiger charge is -2.50. The Balaban J connectivity index is 1.48. The minimum atomic E-state index is -0.538. The second-order valence-corrected chi connectivity index (χ2v) is 16.1. The smallest absolute Gasteiger partial charge is 0.137 e. The highest BCUT2D eigenvalue weighted by atomic mass is 15.3. The molecule has 9 rings (SSSR count). The molecule has 2 unspecified atom stereocenters. The first-order valence-corrected chi connectivity index (χ1v) is 17.5. The number of anilines is 2. The summed E-state index contributed by atoms with van der Waals surface area (Å²) in [5.41, 5.74) is 5.32. The van der Waals surface area contributed by atoms with Crippen molar-refractivity contribution in [3.05, 3.63) is 120 Å². The molecular weight excluding hydrogens is 583 g/mol. The predicted octanol–water partition coefficient (Wildman–Crippen LogP) is 11.9. The maximum atomic E-state index is 10.2. The van der Waals surface area contributed by atoms with Gasteiger partial charge in [-0.2, -0.15) is 0 Å². The summed E-state index contributed by atoms with van der Waals surface area (Å²) < 4.78 is 68.4. The van der Waals surface area contributed by atoms with Crippen molar-refractivity contribution in [1.82, 2.24) is 9.55 Å². The van der Waals surface area contributed by atoms with Crippen LogP contribution in [0.15, 0.2) is 103 Å². The van der Waals surface area contributed by atoms with Gasteiger partial charge in [0.05, 0.1) is 31.9 Å². The minimum Gasteiger partial charge on any atom is -0.319 e. The van der Waals surface area contributed by atoms with Crippen LogP contribution in [0.25, 0.3) is 38.6 Å². The van der Waals surface area contributed by atoms with Crippen molar-refractivity contribution < 1.29 is 9.60 Å². The quantitative estimate of drug-likeness (QED) is 0.193. The predicted molar refractivity (Wildman–Crippen MR) is 202 cm³/mol. The molecule has 1 fully saturated rings. The molecule has 3 aliphatic rings. The van der Waals surface area contributed by atoms with Crippen LogP contribution in [0.1, 0.15) is 106 Å². The Morgan fingerprint density at radius 1 is 0.688 bits per heavy atom. The van der Waals surface area contributed by atoms with Crippen LogP contribution in [0.2, 0.25) is 0 Å². The number of hydrogen-bond acceptors (Lipinski definition) is 2. The van der Waals surface area contributed by atoms with Crippen LogP contribution < -0.4 is 4.90 Å². The van der Waals surface area contributed by atoms with E-state index in [1.807, 2.05) is 33.7 Å². The average Bonchev–Trinajstić information content (AvgIpc) is 3.63. The molecule has 0 radical (unpaired) electrons. The molecule has 1 aliphatic heterocycles. The lowest BCUT2D eigenvalue weighted by atomic mass is 9.61. The first-order chi connectivity index (χ1) is 26.0. The van der Waals surface area contributed by atoms with E-state index in [4.69, 9.17) is 7.73 Å². The molecule has 3 heteroatoms. The third kappa shape index (κ3) is 3.97. The summed E-state index contributed by atoms with van der Waals surface area (Å²) in [5.74, 6) is 0.689. The molecule has 242 valence electrons. The van der Waals surface area contributed by atoms with E-state index in [1.165, 1.54) is 0 Å². The van der Waals surface area contributed by atoms with Crippen LogP contribution in [0.5, 0.6) is 0 Å². The highest BCUT2D eigenvalue weighted by molar-refractivity contribution is 6.10. The maximum absolute atomic E-state index is 10.2. The molecule has 0 bridgehead atoms. The van der Waals surface area contributed by atoms with Crippen molar-refractivity contribution in [2.24, 2.45) is 0 Å². The van der Waals surface area contributed by atoms with Gasteiger partial charge in [-0.05, 0) is 102 Å². The van der Waals surface area contributed by atoms with Crippen molar-refractivity contribution in [2.45, 2.75) is 102 Å². The summed E-state index contributed by atoms with van der Waals surface area (Å²) in [6, 6.07) is 17.0. The third-order valence-corrected chi connectivity index (χ3v) is 12.5. The highest BCUT2D eigenvalue weighted by Crippen LogP contribution is 2.60. The van der Waals surface area contributed by atoms with Gasteiger partial charge in [0.2, 0.25) is 0 Å². The summed E-state index contributed by atoms with van der Waals surface area (Å²) in [7, 11) is 0. The van der Waals surface area contributed by atoms with E-state index in [0.717, 1.165) is 72.0 Å². The van der Waals surface area contributed by atoms with Gasteiger partial charge < -0.3 is 9.47 Å². The zero-order chi connectivity index (χ0) is 39.1. The SMILES string of the molecule is [2H]c1c([2H])c([2H])c2c(c1[2H])c1c([2H])c(N3c4ncccc4C4(C)CCCCC34C)c([2H])c([2H])c1n2-c1cc(-c2ccccc2)cc2c1C(C)(C)CCC2(C)C. The fourth-order valence-corrected chi connectivity index (χ4v) is 9.46. The van der Waals surface area contributed by atoms with E-state index in [0.29, 0.717) is 5.82 Å². The van der Waals surface area contributed by atoms with Gasteiger partial charge in [-0.1, -0.05) is 108 Å². The van der Waals surface area contributed by atoms with Crippen molar-refractivity contribution in [3.8, 4) is 16.8 Å². The first kappa shape index (κ1) is 23.1. The van der Waals surface area contributed by atoms with E-state index >= 15 is 0 Å². The van der Waals surface area contributed by atoms with Crippen molar-refractivity contribution in [2.75, 3.05) is 4.90 Å². The standard InChI is InChI=1S/C45H47N3/c1-42(2)24-25-43(3,4)40-36(42)27-31(30-15-8-7-9-16-30)28-39(40)47-37-19-11-10-17-33(37)34-29-32(20-21-38(34)47)48-41-35(18-14-26-46-41)44(5)22-12-13-23-45(44,48)6/h7-11,14-21,26-29H,12-13,22-25H2,1-6H3/i10D,11D,17D,19D,20D,21D,29D. The number of pyridine rings is 1. The van der Waals surface area contributed by atoms with Gasteiger partial charge in [0, 0.05) is 33.6 Å². The van der Waals surface area contributed by atoms with Gasteiger partial charge in [0.1, 0.15) is 5.82 Å². The number of nitrogens with zero attached hydrogens (tertiary/aromatic N) is 3. The van der Waals surface area contributed by atoms with Crippen LogP contribution in [-0.4, -0.2) is 15.1 Å². The maximum Gasteiger partial charge on any atom is 0.137 e. The molecule has 0 amide bonds. The van der Waals surface area contributed by atoms with Crippen LogP contribution in [0.4, 0.5) is 11.5 Å². The molecule has 6 aromatic rings. The Hall–Kier alpha value is -4.37. The van der Waals surface area contributed by atoms with Gasteiger partial charge in [-0.3, -0.25) is 0 Å². The number of para-hydroxylation sites is 1. The Morgan fingerprint density at radius 3 is 2.27 bits per heavy atom. The number of hydrogen-bond donors (Lipinski definition) is 0. The van der Waals surface area contributed by atoms with Crippen molar-refractivity contribution in [3.63, 3.8) is 0 Å². The van der Waals surface area contributed by atoms with Crippen molar-refractivity contribution >= 4 is 33.3 Å². The summed E-state index contributed by atoms with van der Waals surface area (Å²) >= 11 is 0. The van der Waals surface area contributed by atoms with E-state index in [1.54, 1.807) is 6.20 Å². The Bertz CT molecular complexity index is 2630. The third-order valence-electron chi connectivity index (χ3n) is 12.5. The molecule has 0 N–H and O–H groups in total. The molecule has 1 saturated carbocycles. The monoisotopic (exact) mass is 636 g/mol. The van der Waals surface area contributed by atoms with Gasteiger partial charge in [0.15, 0.2) is 0 Å². The average molecular weight is 637 g/mol. The molecule has 4 aromatic carbocycles. The Morgan fingerprint density at radius 2 is 1.44 bits per heavy atom. The van der Waals surface area contributed by atoms with Gasteiger partial charge in [0.25, 0.3) is 0 Å². The largest absolute Gasteiger partial charge is 0.319 e. The summed E-state index contributed by atoms with van der Waals surface area (Å²) in [6.07, 6.45) is 7.38. The van der Waals surface area contributed by atoms with Crippen LogP contribution in [0.3, 0.4) is 0 Å². The van der Waals surface area contributed by atoms with Crippen LogP contribution in [-0.2, 0) is 16.2 Å². The van der Waals surface area contributed by atoms with E-state index in [2.05, 4.69) is 71.9 Å². The Kier molecular flexibility index (Phi) is 4.84. The van der Waals surface area contributed by atoms with E-state index in [-0.39, 0.29) is 86.0 Å². The fraction of sp³-hybridized carbons (Fsp3) is 0.356. The summed E-state index contributed by atoms with van der Waals surface area (Å²) in [4.78, 5) is 6.93. The van der Waals surface area contributed by atoms with Gasteiger partial charge >= 0.3 is 0 Å². The molecule has 0 spiro atoms. The van der Waals surface area contributed by atoms with Crippen LogP contribution in [0, 0.1) is 0 Å².